The lowest BCUT2D eigenvalue weighted by Crippen LogP contribution is -2.87. The van der Waals surface area contributed by atoms with E-state index in [1.165, 1.54) is 22.2 Å². The summed E-state index contributed by atoms with van der Waals surface area (Å²) in [5.74, 6) is 1.75. The SMILES string of the molecule is COc1ccc2[nH]c3c(c2c1)CC[NH2+]C3c1ccc(OC)c(Cn2nc(C)c(Cl)c2C)c1. The second-order valence-corrected chi connectivity index (χ2v) is 8.77. The van der Waals surface area contributed by atoms with Gasteiger partial charge in [0.25, 0.3) is 0 Å². The maximum Gasteiger partial charge on any atom is 0.153 e. The first kappa shape index (κ1) is 20.9. The summed E-state index contributed by atoms with van der Waals surface area (Å²) in [5, 5.41) is 8.98. The average Bonchev–Trinajstić information content (AvgIpc) is 3.30. The molecule has 1 atom stereocenters. The van der Waals surface area contributed by atoms with Gasteiger partial charge in [0, 0.05) is 28.5 Å². The minimum absolute atomic E-state index is 0.200. The highest BCUT2D eigenvalue weighted by Crippen LogP contribution is 2.34. The summed E-state index contributed by atoms with van der Waals surface area (Å²) >= 11 is 6.38. The summed E-state index contributed by atoms with van der Waals surface area (Å²) in [4.78, 5) is 3.68. The molecule has 0 aliphatic carbocycles. The zero-order valence-electron chi connectivity index (χ0n) is 18.8. The first-order valence-corrected chi connectivity index (χ1v) is 11.3. The van der Waals surface area contributed by atoms with Crippen molar-refractivity contribution in [2.75, 3.05) is 20.8 Å². The highest BCUT2D eigenvalue weighted by Gasteiger charge is 2.29. The number of halogens is 1. The summed E-state index contributed by atoms with van der Waals surface area (Å²) < 4.78 is 13.1. The number of fused-ring (bicyclic) bond motifs is 3. The van der Waals surface area contributed by atoms with Crippen LogP contribution in [-0.2, 0) is 13.0 Å². The van der Waals surface area contributed by atoms with Crippen LogP contribution in [0, 0.1) is 13.8 Å². The molecular weight excluding hydrogens is 424 g/mol. The van der Waals surface area contributed by atoms with Crippen LogP contribution in [0.4, 0.5) is 0 Å². The molecule has 0 bridgehead atoms. The van der Waals surface area contributed by atoms with Gasteiger partial charge < -0.3 is 19.8 Å². The molecule has 166 valence electrons. The molecule has 2 aromatic carbocycles. The molecule has 0 spiro atoms. The van der Waals surface area contributed by atoms with Crippen molar-refractivity contribution >= 4 is 22.5 Å². The number of hydrogen-bond acceptors (Lipinski definition) is 3. The van der Waals surface area contributed by atoms with Crippen molar-refractivity contribution in [2.45, 2.75) is 32.9 Å². The second kappa shape index (κ2) is 8.19. The van der Waals surface area contributed by atoms with Gasteiger partial charge >= 0.3 is 0 Å². The van der Waals surface area contributed by atoms with Crippen LogP contribution in [0.15, 0.2) is 36.4 Å². The third-order valence-corrected chi connectivity index (χ3v) is 7.08. The Balaban J connectivity index is 1.56. The number of nitrogens with two attached hydrogens (primary N) is 1. The van der Waals surface area contributed by atoms with Gasteiger partial charge in [-0.1, -0.05) is 11.6 Å². The monoisotopic (exact) mass is 451 g/mol. The lowest BCUT2D eigenvalue weighted by Gasteiger charge is -2.22. The molecule has 5 rings (SSSR count). The Kier molecular flexibility index (Phi) is 5.35. The fraction of sp³-hybridized carbons (Fsp3) is 0.320. The summed E-state index contributed by atoms with van der Waals surface area (Å²) in [6.07, 6.45) is 1.03. The molecule has 4 aromatic rings. The number of ether oxygens (including phenoxy) is 2. The number of benzene rings is 2. The standard InChI is InChI=1S/C25H27ClN4O2/c1-14-23(26)15(2)30(29-14)13-17-11-16(5-8-22(17)32-4)24-25-19(9-10-27-24)20-12-18(31-3)6-7-21(20)28-25/h5-8,11-12,24,27-28H,9-10,13H2,1-4H3/p+1. The van der Waals surface area contributed by atoms with E-state index < -0.39 is 0 Å². The molecule has 1 unspecified atom stereocenters. The van der Waals surface area contributed by atoms with Gasteiger partial charge in [0.1, 0.15) is 11.5 Å². The van der Waals surface area contributed by atoms with Crippen LogP contribution in [0.1, 0.15) is 39.8 Å². The number of hydrogen-bond donors (Lipinski definition) is 2. The van der Waals surface area contributed by atoms with Crippen molar-refractivity contribution in [1.29, 1.82) is 0 Å². The van der Waals surface area contributed by atoms with E-state index in [4.69, 9.17) is 21.1 Å². The molecule has 3 heterocycles. The normalized spacial score (nSPS) is 15.7. The van der Waals surface area contributed by atoms with Crippen molar-refractivity contribution in [3.8, 4) is 11.5 Å². The van der Waals surface area contributed by atoms with Gasteiger partial charge in [0.2, 0.25) is 0 Å². The first-order valence-electron chi connectivity index (χ1n) is 10.9. The van der Waals surface area contributed by atoms with Gasteiger partial charge in [0.05, 0.1) is 49.4 Å². The number of methoxy groups -OCH3 is 2. The number of H-pyrrole nitrogens is 1. The summed E-state index contributed by atoms with van der Waals surface area (Å²) in [5.41, 5.74) is 7.95. The van der Waals surface area contributed by atoms with E-state index in [9.17, 15) is 0 Å². The molecule has 3 N–H and O–H groups in total. The van der Waals surface area contributed by atoms with Crippen molar-refractivity contribution in [2.24, 2.45) is 0 Å². The van der Waals surface area contributed by atoms with E-state index in [1.807, 2.05) is 24.6 Å². The number of aromatic nitrogens is 3. The van der Waals surface area contributed by atoms with E-state index in [0.29, 0.717) is 6.54 Å². The van der Waals surface area contributed by atoms with Gasteiger partial charge in [-0.2, -0.15) is 5.10 Å². The molecule has 32 heavy (non-hydrogen) atoms. The Morgan fingerprint density at radius 2 is 2.00 bits per heavy atom. The number of aryl methyl sites for hydroxylation is 1. The molecule has 0 amide bonds. The van der Waals surface area contributed by atoms with Crippen LogP contribution in [0.2, 0.25) is 5.02 Å². The highest BCUT2D eigenvalue weighted by molar-refractivity contribution is 6.31. The Bertz CT molecular complexity index is 1310. The van der Waals surface area contributed by atoms with E-state index in [-0.39, 0.29) is 6.04 Å². The second-order valence-electron chi connectivity index (χ2n) is 8.39. The topological polar surface area (TPSA) is 68.7 Å². The minimum atomic E-state index is 0.200. The molecule has 0 saturated heterocycles. The highest BCUT2D eigenvalue weighted by atomic mass is 35.5. The third kappa shape index (κ3) is 3.44. The predicted molar refractivity (Wildman–Crippen MR) is 126 cm³/mol. The van der Waals surface area contributed by atoms with Crippen molar-refractivity contribution in [1.82, 2.24) is 14.8 Å². The quantitative estimate of drug-likeness (QED) is 0.483. The first-order chi connectivity index (χ1) is 15.5. The molecule has 7 heteroatoms. The Hall–Kier alpha value is -2.96. The summed E-state index contributed by atoms with van der Waals surface area (Å²) in [6.45, 7) is 5.58. The maximum absolute atomic E-state index is 6.38. The summed E-state index contributed by atoms with van der Waals surface area (Å²) in [7, 11) is 3.42. The molecule has 0 radical (unpaired) electrons. The lowest BCUT2D eigenvalue weighted by atomic mass is 9.93. The van der Waals surface area contributed by atoms with E-state index >= 15 is 0 Å². The largest absolute Gasteiger partial charge is 0.497 e. The number of quaternary nitrogens is 1. The Morgan fingerprint density at radius 3 is 2.72 bits per heavy atom. The average molecular weight is 452 g/mol. The molecule has 0 fully saturated rings. The lowest BCUT2D eigenvalue weighted by molar-refractivity contribution is -0.690. The smallest absolute Gasteiger partial charge is 0.153 e. The van der Waals surface area contributed by atoms with Gasteiger partial charge in [-0.15, -0.1) is 0 Å². The molecule has 0 saturated carbocycles. The zero-order valence-corrected chi connectivity index (χ0v) is 19.6. The van der Waals surface area contributed by atoms with Gasteiger partial charge in [-0.25, -0.2) is 0 Å². The van der Waals surface area contributed by atoms with E-state index in [1.54, 1.807) is 14.2 Å². The van der Waals surface area contributed by atoms with Crippen molar-refractivity contribution in [3.05, 3.63) is 75.2 Å². The van der Waals surface area contributed by atoms with Crippen molar-refractivity contribution < 1.29 is 14.8 Å². The van der Waals surface area contributed by atoms with Crippen LogP contribution in [-0.4, -0.2) is 35.5 Å². The summed E-state index contributed by atoms with van der Waals surface area (Å²) in [6, 6.07) is 12.9. The molecule has 1 aliphatic heterocycles. The number of aromatic amines is 1. The van der Waals surface area contributed by atoms with Gasteiger partial charge in [-0.3, -0.25) is 4.68 Å². The maximum atomic E-state index is 6.38. The van der Waals surface area contributed by atoms with Gasteiger partial charge in [0.15, 0.2) is 6.04 Å². The number of nitrogens with zero attached hydrogens (tertiary/aromatic N) is 2. The van der Waals surface area contributed by atoms with Crippen LogP contribution in [0.5, 0.6) is 11.5 Å². The van der Waals surface area contributed by atoms with Crippen molar-refractivity contribution in [3.63, 3.8) is 0 Å². The minimum Gasteiger partial charge on any atom is -0.497 e. The Morgan fingerprint density at radius 1 is 1.16 bits per heavy atom. The zero-order chi connectivity index (χ0) is 22.4. The molecule has 1 aliphatic rings. The van der Waals surface area contributed by atoms with Crippen LogP contribution in [0.25, 0.3) is 10.9 Å². The van der Waals surface area contributed by atoms with E-state index in [2.05, 4.69) is 45.7 Å². The fourth-order valence-corrected chi connectivity index (χ4v) is 4.97. The van der Waals surface area contributed by atoms with Crippen LogP contribution < -0.4 is 14.8 Å². The molecule has 2 aromatic heterocycles. The van der Waals surface area contributed by atoms with Crippen LogP contribution >= 0.6 is 11.6 Å². The predicted octanol–water partition coefficient (Wildman–Crippen LogP) is 3.91. The fourth-order valence-electron chi connectivity index (χ4n) is 4.83. The van der Waals surface area contributed by atoms with Gasteiger partial charge in [-0.05, 0) is 55.8 Å². The third-order valence-electron chi connectivity index (χ3n) is 6.53. The van der Waals surface area contributed by atoms with E-state index in [0.717, 1.165) is 52.0 Å². The molecular formula is C25H28ClN4O2+. The van der Waals surface area contributed by atoms with Crippen LogP contribution in [0.3, 0.4) is 0 Å². The molecule has 6 nitrogen and oxygen atoms in total. The number of nitrogens with one attached hydrogen (secondary N) is 1. The Labute approximate surface area is 192 Å². The number of rotatable bonds is 5.